The number of carbonyl (C=O) groups excluding carboxylic acids is 2. The molecule has 1 aromatic heterocycles. The van der Waals surface area contributed by atoms with Gasteiger partial charge in [-0.15, -0.1) is 11.3 Å². The van der Waals surface area contributed by atoms with Gasteiger partial charge in [0.25, 0.3) is 0 Å². The first-order valence-electron chi connectivity index (χ1n) is 8.44. The van der Waals surface area contributed by atoms with E-state index in [9.17, 15) is 9.59 Å². The lowest BCUT2D eigenvalue weighted by Crippen LogP contribution is -2.38. The fourth-order valence-corrected chi connectivity index (χ4v) is 3.80. The first kappa shape index (κ1) is 18.0. The van der Waals surface area contributed by atoms with Crippen molar-refractivity contribution < 1.29 is 9.59 Å². The Hall–Kier alpha value is -1.85. The van der Waals surface area contributed by atoms with Crippen molar-refractivity contribution in [3.05, 3.63) is 57.2 Å². The van der Waals surface area contributed by atoms with Crippen LogP contribution in [0.15, 0.2) is 41.8 Å². The first-order valence-corrected chi connectivity index (χ1v) is 9.70. The lowest BCUT2D eigenvalue weighted by atomic mass is 10.1. The molecule has 0 bridgehead atoms. The third-order valence-corrected chi connectivity index (χ3v) is 5.50. The standard InChI is InChI=1S/C19H21ClN2O2S/c20-16-6-4-15(5-7-16)13-18(23)21-8-2-9-22(11-10-21)19(24)14-17-3-1-12-25-17/h1,3-7,12H,2,8-11,13-14H2. The number of hydrogen-bond acceptors (Lipinski definition) is 3. The molecule has 0 atom stereocenters. The Morgan fingerprint density at radius 2 is 1.56 bits per heavy atom. The second kappa shape index (κ2) is 8.50. The van der Waals surface area contributed by atoms with Crippen LogP contribution < -0.4 is 0 Å². The molecule has 1 aliphatic rings. The van der Waals surface area contributed by atoms with Crippen molar-refractivity contribution >= 4 is 34.8 Å². The summed E-state index contributed by atoms with van der Waals surface area (Å²) in [4.78, 5) is 29.8. The van der Waals surface area contributed by atoms with E-state index in [1.807, 2.05) is 39.4 Å². The van der Waals surface area contributed by atoms with Gasteiger partial charge in [-0.05, 0) is 35.6 Å². The van der Waals surface area contributed by atoms with E-state index in [4.69, 9.17) is 11.6 Å². The van der Waals surface area contributed by atoms with E-state index in [0.29, 0.717) is 37.5 Å². The lowest BCUT2D eigenvalue weighted by Gasteiger charge is -2.22. The smallest absolute Gasteiger partial charge is 0.227 e. The largest absolute Gasteiger partial charge is 0.341 e. The maximum atomic E-state index is 12.5. The number of carbonyl (C=O) groups is 2. The van der Waals surface area contributed by atoms with Crippen molar-refractivity contribution in [2.24, 2.45) is 0 Å². The van der Waals surface area contributed by atoms with Gasteiger partial charge in [0.2, 0.25) is 11.8 Å². The van der Waals surface area contributed by atoms with E-state index < -0.39 is 0 Å². The number of amides is 2. The summed E-state index contributed by atoms with van der Waals surface area (Å²) in [6.45, 7) is 2.63. The van der Waals surface area contributed by atoms with Crippen LogP contribution in [0.3, 0.4) is 0 Å². The highest BCUT2D eigenvalue weighted by molar-refractivity contribution is 7.10. The Morgan fingerprint density at radius 1 is 0.920 bits per heavy atom. The monoisotopic (exact) mass is 376 g/mol. The summed E-state index contributed by atoms with van der Waals surface area (Å²) < 4.78 is 0. The second-order valence-corrected chi connectivity index (χ2v) is 7.64. The molecule has 2 heterocycles. The second-order valence-electron chi connectivity index (χ2n) is 6.17. The molecular weight excluding hydrogens is 356 g/mol. The third kappa shape index (κ3) is 5.06. The number of benzene rings is 1. The molecular formula is C19H21ClN2O2S. The normalized spacial score (nSPS) is 15.1. The Kier molecular flexibility index (Phi) is 6.10. The molecule has 0 radical (unpaired) electrons. The van der Waals surface area contributed by atoms with Crippen molar-refractivity contribution in [1.29, 1.82) is 0 Å². The van der Waals surface area contributed by atoms with Crippen LogP contribution in [0.25, 0.3) is 0 Å². The zero-order valence-corrected chi connectivity index (χ0v) is 15.6. The maximum absolute atomic E-state index is 12.5. The van der Waals surface area contributed by atoms with Crippen LogP contribution in [0.1, 0.15) is 16.9 Å². The number of thiophene rings is 1. The van der Waals surface area contributed by atoms with Gasteiger partial charge < -0.3 is 9.80 Å². The summed E-state index contributed by atoms with van der Waals surface area (Å²) in [5.74, 6) is 0.254. The van der Waals surface area contributed by atoms with Gasteiger partial charge in [-0.1, -0.05) is 29.8 Å². The number of hydrogen-bond donors (Lipinski definition) is 0. The van der Waals surface area contributed by atoms with Crippen molar-refractivity contribution in [2.45, 2.75) is 19.3 Å². The molecule has 0 N–H and O–H groups in total. The van der Waals surface area contributed by atoms with E-state index >= 15 is 0 Å². The summed E-state index contributed by atoms with van der Waals surface area (Å²) in [6.07, 6.45) is 1.65. The zero-order chi connectivity index (χ0) is 17.6. The lowest BCUT2D eigenvalue weighted by molar-refractivity contribution is -0.132. The molecule has 1 saturated heterocycles. The minimum atomic E-state index is 0.106. The van der Waals surface area contributed by atoms with Crippen LogP contribution in [0.2, 0.25) is 5.02 Å². The molecule has 1 aromatic carbocycles. The van der Waals surface area contributed by atoms with E-state index in [1.165, 1.54) is 0 Å². The topological polar surface area (TPSA) is 40.6 Å². The van der Waals surface area contributed by atoms with Gasteiger partial charge in [0.15, 0.2) is 0 Å². The van der Waals surface area contributed by atoms with E-state index in [-0.39, 0.29) is 11.8 Å². The van der Waals surface area contributed by atoms with Gasteiger partial charge in [0.1, 0.15) is 0 Å². The summed E-state index contributed by atoms with van der Waals surface area (Å²) in [7, 11) is 0. The Bertz CT molecular complexity index is 716. The van der Waals surface area contributed by atoms with Crippen LogP contribution in [-0.2, 0) is 22.4 Å². The van der Waals surface area contributed by atoms with Gasteiger partial charge in [-0.2, -0.15) is 0 Å². The van der Waals surface area contributed by atoms with E-state index in [2.05, 4.69) is 0 Å². The fourth-order valence-electron chi connectivity index (χ4n) is 2.98. The van der Waals surface area contributed by atoms with Gasteiger partial charge in [0.05, 0.1) is 12.8 Å². The molecule has 4 nitrogen and oxygen atoms in total. The molecule has 1 aliphatic heterocycles. The predicted molar refractivity (Wildman–Crippen MR) is 101 cm³/mol. The predicted octanol–water partition coefficient (Wildman–Crippen LogP) is 3.25. The Morgan fingerprint density at radius 3 is 2.16 bits per heavy atom. The molecule has 0 unspecified atom stereocenters. The average Bonchev–Trinajstić information content (AvgIpc) is 2.98. The molecule has 0 spiro atoms. The highest BCUT2D eigenvalue weighted by Crippen LogP contribution is 2.14. The van der Waals surface area contributed by atoms with E-state index in [1.54, 1.807) is 23.5 Å². The number of rotatable bonds is 4. The van der Waals surface area contributed by atoms with Crippen molar-refractivity contribution in [3.8, 4) is 0 Å². The summed E-state index contributed by atoms with van der Waals surface area (Å²) in [5, 5.41) is 2.66. The van der Waals surface area contributed by atoms with Gasteiger partial charge in [-0.3, -0.25) is 9.59 Å². The number of nitrogens with zero attached hydrogens (tertiary/aromatic N) is 2. The summed E-state index contributed by atoms with van der Waals surface area (Å²) >= 11 is 7.49. The fraction of sp³-hybridized carbons (Fsp3) is 0.368. The van der Waals surface area contributed by atoms with Gasteiger partial charge in [-0.25, -0.2) is 0 Å². The Labute approximate surface area is 157 Å². The zero-order valence-electron chi connectivity index (χ0n) is 14.0. The highest BCUT2D eigenvalue weighted by atomic mass is 35.5. The minimum absolute atomic E-state index is 0.106. The van der Waals surface area contributed by atoms with Gasteiger partial charge >= 0.3 is 0 Å². The van der Waals surface area contributed by atoms with Crippen LogP contribution >= 0.6 is 22.9 Å². The van der Waals surface area contributed by atoms with Crippen molar-refractivity contribution in [1.82, 2.24) is 9.80 Å². The van der Waals surface area contributed by atoms with Crippen molar-refractivity contribution in [3.63, 3.8) is 0 Å². The molecule has 1 fully saturated rings. The molecule has 132 valence electrons. The highest BCUT2D eigenvalue weighted by Gasteiger charge is 2.22. The summed E-state index contributed by atoms with van der Waals surface area (Å²) in [5.41, 5.74) is 0.962. The molecule has 0 aliphatic carbocycles. The molecule has 2 amide bonds. The molecule has 6 heteroatoms. The van der Waals surface area contributed by atoms with E-state index in [0.717, 1.165) is 23.4 Å². The van der Waals surface area contributed by atoms with Gasteiger partial charge in [0, 0.05) is 36.1 Å². The van der Waals surface area contributed by atoms with Crippen LogP contribution in [0.4, 0.5) is 0 Å². The van der Waals surface area contributed by atoms with Crippen LogP contribution in [0, 0.1) is 0 Å². The average molecular weight is 377 g/mol. The SMILES string of the molecule is O=C(Cc1ccc(Cl)cc1)N1CCCN(C(=O)Cc2cccs2)CC1. The van der Waals surface area contributed by atoms with Crippen LogP contribution in [-0.4, -0.2) is 47.8 Å². The summed E-state index contributed by atoms with van der Waals surface area (Å²) in [6, 6.07) is 11.3. The quantitative estimate of drug-likeness (QED) is 0.821. The maximum Gasteiger partial charge on any atom is 0.227 e. The third-order valence-electron chi connectivity index (χ3n) is 4.38. The minimum Gasteiger partial charge on any atom is -0.341 e. The Balaban J connectivity index is 1.53. The van der Waals surface area contributed by atoms with Crippen LogP contribution in [0.5, 0.6) is 0 Å². The first-order chi connectivity index (χ1) is 12.1. The molecule has 25 heavy (non-hydrogen) atoms. The molecule has 3 rings (SSSR count). The molecule has 2 aromatic rings. The molecule has 0 saturated carbocycles. The number of halogens is 1. The van der Waals surface area contributed by atoms with Crippen molar-refractivity contribution in [2.75, 3.05) is 26.2 Å².